The number of hydrogen-bond donors (Lipinski definition) is 1. The lowest BCUT2D eigenvalue weighted by Crippen LogP contribution is -2.31. The van der Waals surface area contributed by atoms with Gasteiger partial charge < -0.3 is 5.32 Å². The third kappa shape index (κ3) is 6.68. The number of rotatable bonds is 11. The topological polar surface area (TPSA) is 49.4 Å². The van der Waals surface area contributed by atoms with Crippen molar-refractivity contribution in [3.05, 3.63) is 89.5 Å². The number of amides is 2. The summed E-state index contributed by atoms with van der Waals surface area (Å²) in [5.74, 6) is 0.740. The molecule has 0 bridgehead atoms. The lowest BCUT2D eigenvalue weighted by Gasteiger charge is -2.26. The minimum absolute atomic E-state index is 0.0700. The maximum atomic E-state index is 13.6. The zero-order valence-electron chi connectivity index (χ0n) is 28.3. The van der Waals surface area contributed by atoms with E-state index in [1.54, 1.807) is 11.8 Å². The van der Waals surface area contributed by atoms with Crippen LogP contribution in [-0.2, 0) is 27.0 Å². The average Bonchev–Trinajstić information content (AvgIpc) is 3.29. The van der Waals surface area contributed by atoms with Crippen LogP contribution in [0.1, 0.15) is 90.3 Å². The van der Waals surface area contributed by atoms with Crippen LogP contribution in [0.5, 0.6) is 0 Å². The normalized spacial score (nSPS) is 16.1. The predicted octanol–water partition coefficient (Wildman–Crippen LogP) is 9.89. The summed E-state index contributed by atoms with van der Waals surface area (Å²) in [6.07, 6.45) is 4.77. The van der Waals surface area contributed by atoms with Gasteiger partial charge in [0.05, 0.1) is 10.9 Å². The maximum absolute atomic E-state index is 13.6. The lowest BCUT2D eigenvalue weighted by atomic mass is 9.79. The van der Waals surface area contributed by atoms with E-state index in [1.807, 2.05) is 12.1 Å². The van der Waals surface area contributed by atoms with Crippen molar-refractivity contribution in [2.24, 2.45) is 0 Å². The molecule has 1 aliphatic heterocycles. The van der Waals surface area contributed by atoms with Crippen molar-refractivity contribution in [3.8, 4) is 0 Å². The molecule has 5 aromatic carbocycles. The number of nitrogens with one attached hydrogen (secondary N) is 1. The van der Waals surface area contributed by atoms with E-state index in [0.29, 0.717) is 0 Å². The van der Waals surface area contributed by atoms with Crippen LogP contribution < -0.4 is 10.2 Å². The van der Waals surface area contributed by atoms with Crippen molar-refractivity contribution >= 4 is 61.6 Å². The molecule has 1 heterocycles. The van der Waals surface area contributed by atoms with Crippen LogP contribution in [0.3, 0.4) is 0 Å². The minimum atomic E-state index is -0.297. The molecule has 0 spiro atoms. The van der Waals surface area contributed by atoms with Gasteiger partial charge in [-0.05, 0) is 85.7 Å². The molecule has 1 atom stereocenters. The number of carbonyl (C=O) groups is 2. The number of carbonyl (C=O) groups excluding carboxylic acids is 2. The van der Waals surface area contributed by atoms with Gasteiger partial charge in [-0.15, -0.1) is 11.8 Å². The summed E-state index contributed by atoms with van der Waals surface area (Å²) in [5.41, 5.74) is 5.14. The Morgan fingerprint density at radius 1 is 0.739 bits per heavy atom. The van der Waals surface area contributed by atoms with Gasteiger partial charge in [0.1, 0.15) is 0 Å². The molecule has 0 aliphatic carbocycles. The first-order chi connectivity index (χ1) is 21.9. The van der Waals surface area contributed by atoms with Crippen molar-refractivity contribution in [2.45, 2.75) is 96.3 Å². The first kappa shape index (κ1) is 32.5. The highest BCUT2D eigenvalue weighted by Crippen LogP contribution is 2.41. The first-order valence-corrected chi connectivity index (χ1v) is 18.0. The average molecular weight is 633 g/mol. The summed E-state index contributed by atoms with van der Waals surface area (Å²) in [4.78, 5) is 28.2. The molecule has 6 rings (SSSR count). The second-order valence-electron chi connectivity index (χ2n) is 15.1. The number of thioether (sulfide) groups is 1. The third-order valence-corrected chi connectivity index (χ3v) is 10.8. The van der Waals surface area contributed by atoms with Gasteiger partial charge in [0.2, 0.25) is 11.8 Å². The van der Waals surface area contributed by atoms with Crippen molar-refractivity contribution < 1.29 is 9.59 Å². The van der Waals surface area contributed by atoms with Crippen LogP contribution in [0.2, 0.25) is 0 Å². The van der Waals surface area contributed by atoms with E-state index in [-0.39, 0.29) is 34.3 Å². The fourth-order valence-corrected chi connectivity index (χ4v) is 7.89. The van der Waals surface area contributed by atoms with Crippen molar-refractivity contribution in [1.29, 1.82) is 0 Å². The summed E-state index contributed by atoms with van der Waals surface area (Å²) < 4.78 is 0. The van der Waals surface area contributed by atoms with Gasteiger partial charge >= 0.3 is 0 Å². The van der Waals surface area contributed by atoms with Gasteiger partial charge in [0, 0.05) is 18.4 Å². The predicted molar refractivity (Wildman–Crippen MR) is 198 cm³/mol. The van der Waals surface area contributed by atoms with E-state index in [2.05, 4.69) is 108 Å². The van der Waals surface area contributed by atoms with Crippen LogP contribution in [0, 0.1) is 0 Å². The van der Waals surface area contributed by atoms with Crippen molar-refractivity contribution in [3.63, 3.8) is 0 Å². The van der Waals surface area contributed by atoms with E-state index in [0.717, 1.165) is 66.4 Å². The van der Waals surface area contributed by atoms with Crippen molar-refractivity contribution in [1.82, 2.24) is 5.32 Å². The molecular formula is C41H48N2O2S. The minimum Gasteiger partial charge on any atom is -0.313 e. The van der Waals surface area contributed by atoms with Gasteiger partial charge in [-0.3, -0.25) is 9.59 Å². The molecule has 1 fully saturated rings. The van der Waals surface area contributed by atoms with Gasteiger partial charge in [-0.2, -0.15) is 0 Å². The largest absolute Gasteiger partial charge is 0.313 e. The molecule has 46 heavy (non-hydrogen) atoms. The summed E-state index contributed by atoms with van der Waals surface area (Å²) in [7, 11) is 0. The van der Waals surface area contributed by atoms with Crippen LogP contribution in [-0.4, -0.2) is 29.4 Å². The Morgan fingerprint density at radius 2 is 1.35 bits per heavy atom. The van der Waals surface area contributed by atoms with Gasteiger partial charge in [-0.25, -0.2) is 4.90 Å². The number of nitrogens with zero attached hydrogens (tertiary/aromatic N) is 1. The second-order valence-corrected chi connectivity index (χ2v) is 16.4. The summed E-state index contributed by atoms with van der Waals surface area (Å²) in [5, 5.41) is 10.2. The van der Waals surface area contributed by atoms with E-state index in [1.165, 1.54) is 37.7 Å². The molecule has 1 unspecified atom stereocenters. The molecule has 0 aromatic heterocycles. The van der Waals surface area contributed by atoms with Crippen LogP contribution in [0.15, 0.2) is 72.8 Å². The fraction of sp³-hybridized carbons (Fsp3) is 0.415. The van der Waals surface area contributed by atoms with E-state index < -0.39 is 0 Å². The quantitative estimate of drug-likeness (QED) is 0.0895. The maximum Gasteiger partial charge on any atom is 0.247 e. The highest BCUT2D eigenvalue weighted by atomic mass is 32.2. The number of anilines is 1. The molecule has 1 saturated heterocycles. The van der Waals surface area contributed by atoms with Gasteiger partial charge in [0.15, 0.2) is 0 Å². The molecule has 1 N–H and O–H groups in total. The molecule has 2 amide bonds. The second kappa shape index (κ2) is 13.0. The highest BCUT2D eigenvalue weighted by Gasteiger charge is 2.40. The lowest BCUT2D eigenvalue weighted by molar-refractivity contribution is -0.121. The molecule has 240 valence electrons. The Morgan fingerprint density at radius 3 is 2.02 bits per heavy atom. The Labute approximate surface area is 278 Å². The molecular weight excluding hydrogens is 585 g/mol. The van der Waals surface area contributed by atoms with Gasteiger partial charge in [-0.1, -0.05) is 121 Å². The Kier molecular flexibility index (Phi) is 9.20. The first-order valence-electron chi connectivity index (χ1n) is 16.9. The SMILES string of the molecule is CC(C)(C)c1cc(CNCCCCCCSC2CC(=O)N(c3ccc4ccc5cccc6ccc3c4c56)C2=O)cc(C(C)(C)C)c1. The number of benzene rings is 5. The summed E-state index contributed by atoms with van der Waals surface area (Å²) in [6, 6.07) is 25.9. The zero-order chi connectivity index (χ0) is 32.6. The Balaban J connectivity index is 0.977. The highest BCUT2D eigenvalue weighted by molar-refractivity contribution is 8.00. The van der Waals surface area contributed by atoms with Crippen LogP contribution in [0.4, 0.5) is 5.69 Å². The Bertz CT molecular complexity index is 1830. The molecule has 0 saturated carbocycles. The molecule has 0 radical (unpaired) electrons. The smallest absolute Gasteiger partial charge is 0.247 e. The number of unbranched alkanes of at least 4 members (excludes halogenated alkanes) is 3. The van der Waals surface area contributed by atoms with Crippen LogP contribution in [0.25, 0.3) is 32.3 Å². The zero-order valence-corrected chi connectivity index (χ0v) is 29.2. The molecule has 1 aliphatic rings. The summed E-state index contributed by atoms with van der Waals surface area (Å²) >= 11 is 1.65. The molecule has 4 nitrogen and oxygen atoms in total. The van der Waals surface area contributed by atoms with Gasteiger partial charge in [0.25, 0.3) is 0 Å². The Hall–Kier alpha value is -3.41. The third-order valence-electron chi connectivity index (χ3n) is 9.47. The number of imide groups is 1. The summed E-state index contributed by atoms with van der Waals surface area (Å²) in [6.45, 7) is 15.6. The van der Waals surface area contributed by atoms with Crippen molar-refractivity contribution in [2.75, 3.05) is 17.2 Å². The molecule has 5 aromatic rings. The van der Waals surface area contributed by atoms with E-state index >= 15 is 0 Å². The monoisotopic (exact) mass is 632 g/mol. The fourth-order valence-electron chi connectivity index (χ4n) is 6.73. The standard InChI is InChI=1S/C41H48N2O2S/c1-40(2,3)31-22-27(23-32(24-31)41(4,5)6)26-42-20-9-7-8-10-21-46-35-25-36(44)43(39(35)45)34-19-17-30-15-14-28-12-11-13-29-16-18-33(34)38(30)37(28)29/h11-19,22-24,35,42H,7-10,20-21,25-26H2,1-6H3. The van der Waals surface area contributed by atoms with Crippen LogP contribution >= 0.6 is 11.8 Å². The molecule has 5 heteroatoms. The van der Waals surface area contributed by atoms with E-state index in [9.17, 15) is 9.59 Å². The number of hydrogen-bond acceptors (Lipinski definition) is 4. The van der Waals surface area contributed by atoms with E-state index in [4.69, 9.17) is 0 Å².